The van der Waals surface area contributed by atoms with Gasteiger partial charge in [-0.05, 0) is 94.3 Å². The molecule has 0 saturated heterocycles. The summed E-state index contributed by atoms with van der Waals surface area (Å²) in [4.78, 5) is 13.6. The van der Waals surface area contributed by atoms with Gasteiger partial charge in [0.05, 0.1) is 0 Å². The third-order valence-corrected chi connectivity index (χ3v) is 10.9. The molecular formula is C31H54O. The van der Waals surface area contributed by atoms with Crippen molar-refractivity contribution >= 4 is 5.78 Å². The summed E-state index contributed by atoms with van der Waals surface area (Å²) in [6, 6.07) is 0. The first-order valence-corrected chi connectivity index (χ1v) is 15.2. The molecule has 4 aliphatic carbocycles. The van der Waals surface area contributed by atoms with E-state index in [1.54, 1.807) is 0 Å². The zero-order valence-electron chi connectivity index (χ0n) is 21.8. The standard InChI is InChI=1S/C31H54O/c1-3-5-7-8-9-11-26-16-20-30(21-17-26)24-31(29(30)32)22-18-28(19-23-31)27-14-12-25(13-15-27)10-6-4-2/h25-28H,3-24H2,1-2H3. The summed E-state index contributed by atoms with van der Waals surface area (Å²) in [7, 11) is 0. The van der Waals surface area contributed by atoms with Crippen LogP contribution in [0.15, 0.2) is 0 Å². The molecule has 0 aromatic rings. The minimum atomic E-state index is 0.141. The predicted molar refractivity (Wildman–Crippen MR) is 137 cm³/mol. The normalized spacial score (nSPS) is 40.0. The van der Waals surface area contributed by atoms with E-state index in [9.17, 15) is 4.79 Å². The van der Waals surface area contributed by atoms with E-state index < -0.39 is 0 Å². The van der Waals surface area contributed by atoms with Crippen LogP contribution in [0.5, 0.6) is 0 Å². The van der Waals surface area contributed by atoms with Crippen LogP contribution in [0.4, 0.5) is 0 Å². The molecule has 4 fully saturated rings. The second-order valence-electron chi connectivity index (χ2n) is 13.0. The number of carbonyl (C=O) groups excluding carboxylic acids is 1. The number of hydrogen-bond donors (Lipinski definition) is 0. The lowest BCUT2D eigenvalue weighted by Crippen LogP contribution is -2.59. The fourth-order valence-electron chi connectivity index (χ4n) is 8.73. The Bertz CT molecular complexity index is 567. The van der Waals surface area contributed by atoms with Crippen molar-refractivity contribution in [2.75, 3.05) is 0 Å². The Kier molecular flexibility index (Phi) is 8.83. The Hall–Kier alpha value is -0.330. The highest BCUT2D eigenvalue weighted by molar-refractivity contribution is 5.96. The van der Waals surface area contributed by atoms with E-state index in [-0.39, 0.29) is 10.8 Å². The molecule has 0 amide bonds. The van der Waals surface area contributed by atoms with Gasteiger partial charge >= 0.3 is 0 Å². The maximum Gasteiger partial charge on any atom is 0.145 e. The molecule has 2 spiro atoms. The molecule has 0 unspecified atom stereocenters. The van der Waals surface area contributed by atoms with Crippen molar-refractivity contribution in [3.05, 3.63) is 0 Å². The largest absolute Gasteiger partial charge is 0.298 e. The minimum absolute atomic E-state index is 0.141. The molecular weight excluding hydrogens is 388 g/mol. The third-order valence-electron chi connectivity index (χ3n) is 10.9. The van der Waals surface area contributed by atoms with Gasteiger partial charge in [0.2, 0.25) is 0 Å². The first kappa shape index (κ1) is 24.8. The maximum absolute atomic E-state index is 13.6. The van der Waals surface area contributed by atoms with Crippen LogP contribution >= 0.6 is 0 Å². The van der Waals surface area contributed by atoms with Crippen molar-refractivity contribution < 1.29 is 4.79 Å². The summed E-state index contributed by atoms with van der Waals surface area (Å²) >= 11 is 0. The number of ketones is 1. The van der Waals surface area contributed by atoms with E-state index in [0.717, 1.165) is 29.5 Å². The summed E-state index contributed by atoms with van der Waals surface area (Å²) in [5.41, 5.74) is 0.282. The Morgan fingerprint density at radius 3 is 1.69 bits per heavy atom. The van der Waals surface area contributed by atoms with E-state index in [4.69, 9.17) is 0 Å². The molecule has 0 bridgehead atoms. The van der Waals surface area contributed by atoms with E-state index in [2.05, 4.69) is 13.8 Å². The van der Waals surface area contributed by atoms with E-state index in [1.165, 1.54) is 141 Å². The summed E-state index contributed by atoms with van der Waals surface area (Å²) in [5, 5.41) is 0. The van der Waals surface area contributed by atoms with E-state index >= 15 is 0 Å². The topological polar surface area (TPSA) is 17.1 Å². The Morgan fingerprint density at radius 2 is 1.09 bits per heavy atom. The van der Waals surface area contributed by atoms with Gasteiger partial charge in [-0.15, -0.1) is 0 Å². The van der Waals surface area contributed by atoms with Gasteiger partial charge in [0.1, 0.15) is 5.78 Å². The van der Waals surface area contributed by atoms with Crippen molar-refractivity contribution in [1.29, 1.82) is 0 Å². The summed E-state index contributed by atoms with van der Waals surface area (Å²) in [6.07, 6.45) is 30.4. The van der Waals surface area contributed by atoms with Crippen LogP contribution in [-0.2, 0) is 4.79 Å². The average Bonchev–Trinajstić information content (AvgIpc) is 2.84. The molecule has 0 aromatic carbocycles. The van der Waals surface area contributed by atoms with Crippen LogP contribution in [0.25, 0.3) is 0 Å². The molecule has 4 rings (SSSR count). The van der Waals surface area contributed by atoms with Gasteiger partial charge in [-0.2, -0.15) is 0 Å². The highest BCUT2D eigenvalue weighted by Gasteiger charge is 2.63. The summed E-state index contributed by atoms with van der Waals surface area (Å²) in [5.74, 6) is 4.63. The summed E-state index contributed by atoms with van der Waals surface area (Å²) < 4.78 is 0. The Morgan fingerprint density at radius 1 is 0.594 bits per heavy atom. The second-order valence-corrected chi connectivity index (χ2v) is 13.0. The quantitative estimate of drug-likeness (QED) is 0.308. The van der Waals surface area contributed by atoms with Crippen molar-refractivity contribution in [2.45, 2.75) is 155 Å². The zero-order chi connectivity index (χ0) is 22.4. The van der Waals surface area contributed by atoms with Gasteiger partial charge < -0.3 is 0 Å². The molecule has 0 heterocycles. The van der Waals surface area contributed by atoms with Crippen LogP contribution in [0, 0.1) is 34.5 Å². The van der Waals surface area contributed by atoms with Gasteiger partial charge in [-0.1, -0.05) is 84.5 Å². The highest BCUT2D eigenvalue weighted by atomic mass is 16.1. The number of rotatable bonds is 10. The lowest BCUT2D eigenvalue weighted by Gasteiger charge is -2.59. The molecule has 4 aliphatic rings. The summed E-state index contributed by atoms with van der Waals surface area (Å²) in [6.45, 7) is 4.63. The molecule has 0 aromatic heterocycles. The van der Waals surface area contributed by atoms with Gasteiger partial charge in [-0.25, -0.2) is 0 Å². The number of unbranched alkanes of at least 4 members (excludes halogenated alkanes) is 5. The monoisotopic (exact) mass is 442 g/mol. The van der Waals surface area contributed by atoms with Crippen LogP contribution in [0.2, 0.25) is 0 Å². The first-order valence-electron chi connectivity index (χ1n) is 15.2. The van der Waals surface area contributed by atoms with Crippen molar-refractivity contribution in [1.82, 2.24) is 0 Å². The molecule has 184 valence electrons. The molecule has 1 heteroatoms. The molecule has 1 nitrogen and oxygen atoms in total. The van der Waals surface area contributed by atoms with Crippen molar-refractivity contribution in [3.63, 3.8) is 0 Å². The Labute approximate surface area is 200 Å². The zero-order valence-corrected chi connectivity index (χ0v) is 21.8. The van der Waals surface area contributed by atoms with Crippen LogP contribution in [0.3, 0.4) is 0 Å². The van der Waals surface area contributed by atoms with E-state index in [0.29, 0.717) is 0 Å². The number of Topliss-reactive ketones (excluding diaryl/α,β-unsaturated/α-hetero) is 1. The SMILES string of the molecule is CCCCCCCC1CCC2(CC1)CC1(CCC(C3CCC(CCCC)CC3)CC1)C2=O. The number of hydrogen-bond acceptors (Lipinski definition) is 1. The lowest BCUT2D eigenvalue weighted by atomic mass is 9.42. The third kappa shape index (κ3) is 5.49. The molecule has 4 saturated carbocycles. The lowest BCUT2D eigenvalue weighted by molar-refractivity contribution is -0.169. The second kappa shape index (κ2) is 11.4. The van der Waals surface area contributed by atoms with Crippen molar-refractivity contribution in [3.8, 4) is 0 Å². The molecule has 32 heavy (non-hydrogen) atoms. The highest BCUT2D eigenvalue weighted by Crippen LogP contribution is 2.64. The van der Waals surface area contributed by atoms with Gasteiger partial charge in [0.25, 0.3) is 0 Å². The van der Waals surface area contributed by atoms with Gasteiger partial charge in [-0.3, -0.25) is 4.79 Å². The van der Waals surface area contributed by atoms with Gasteiger partial charge in [0, 0.05) is 10.8 Å². The predicted octanol–water partition coefficient (Wildman–Crippen LogP) is 9.67. The number of carbonyl (C=O) groups is 1. The average molecular weight is 443 g/mol. The molecule has 0 aliphatic heterocycles. The van der Waals surface area contributed by atoms with Crippen LogP contribution in [-0.4, -0.2) is 5.78 Å². The fourth-order valence-corrected chi connectivity index (χ4v) is 8.73. The minimum Gasteiger partial charge on any atom is -0.298 e. The maximum atomic E-state index is 13.6. The molecule has 0 radical (unpaired) electrons. The van der Waals surface area contributed by atoms with Gasteiger partial charge in [0.15, 0.2) is 0 Å². The molecule has 0 N–H and O–H groups in total. The smallest absolute Gasteiger partial charge is 0.145 e. The fraction of sp³-hybridized carbons (Fsp3) is 0.968. The Balaban J connectivity index is 1.16. The first-order chi connectivity index (χ1) is 15.6. The van der Waals surface area contributed by atoms with E-state index in [1.807, 2.05) is 0 Å². The van der Waals surface area contributed by atoms with Crippen molar-refractivity contribution in [2.24, 2.45) is 34.5 Å². The van der Waals surface area contributed by atoms with Crippen LogP contribution in [0.1, 0.15) is 155 Å². The van der Waals surface area contributed by atoms with Crippen LogP contribution < -0.4 is 0 Å². The molecule has 0 atom stereocenters.